The molecule has 0 saturated carbocycles. The third-order valence-corrected chi connectivity index (χ3v) is 11.2. The fourth-order valence-electron chi connectivity index (χ4n) is 7.38. The van der Waals surface area contributed by atoms with Crippen LogP contribution in [0.5, 0.6) is 0 Å². The SMILES string of the molecule is CCCCC(CC)Cc1ccc(-c2ccc(-c3ccc(-c4ccc(-c5ccc(CC(CC)CCCC)cc5F)cc4)c4nsnc34)cc2)c(F)c1. The van der Waals surface area contributed by atoms with Crippen molar-refractivity contribution in [2.24, 2.45) is 11.8 Å². The molecule has 6 rings (SSSR count). The van der Waals surface area contributed by atoms with E-state index < -0.39 is 0 Å². The van der Waals surface area contributed by atoms with Crippen LogP contribution in [-0.4, -0.2) is 8.75 Å². The van der Waals surface area contributed by atoms with Crippen molar-refractivity contribution in [1.82, 2.24) is 8.75 Å². The lowest BCUT2D eigenvalue weighted by Gasteiger charge is -2.15. The van der Waals surface area contributed by atoms with E-state index in [1.165, 1.54) is 50.3 Å². The lowest BCUT2D eigenvalue weighted by Crippen LogP contribution is -2.04. The van der Waals surface area contributed by atoms with Gasteiger partial charge in [0.1, 0.15) is 22.7 Å². The average molecular weight is 701 g/mol. The van der Waals surface area contributed by atoms with E-state index in [-0.39, 0.29) is 11.6 Å². The van der Waals surface area contributed by atoms with Gasteiger partial charge in [0.25, 0.3) is 0 Å². The molecule has 0 N–H and O–H groups in total. The summed E-state index contributed by atoms with van der Waals surface area (Å²) in [6.45, 7) is 8.90. The number of halogens is 2. The van der Waals surface area contributed by atoms with Crippen molar-refractivity contribution in [1.29, 1.82) is 0 Å². The second-order valence-electron chi connectivity index (χ2n) is 14.1. The highest BCUT2D eigenvalue weighted by atomic mass is 32.1. The lowest BCUT2D eigenvalue weighted by atomic mass is 9.90. The normalized spacial score (nSPS) is 12.7. The average Bonchev–Trinajstić information content (AvgIpc) is 3.65. The van der Waals surface area contributed by atoms with Gasteiger partial charge in [0.05, 0.1) is 11.7 Å². The van der Waals surface area contributed by atoms with E-state index in [1.54, 1.807) is 12.1 Å². The summed E-state index contributed by atoms with van der Waals surface area (Å²) in [7, 11) is 0. The molecule has 6 aromatic rings. The summed E-state index contributed by atoms with van der Waals surface area (Å²) in [4.78, 5) is 0. The maximum Gasteiger partial charge on any atom is 0.131 e. The van der Waals surface area contributed by atoms with Crippen LogP contribution in [0.3, 0.4) is 0 Å². The van der Waals surface area contributed by atoms with Crippen LogP contribution in [0, 0.1) is 23.5 Å². The highest BCUT2D eigenvalue weighted by molar-refractivity contribution is 7.00. The molecule has 2 atom stereocenters. The van der Waals surface area contributed by atoms with Crippen LogP contribution in [0.25, 0.3) is 55.5 Å². The molecule has 0 fully saturated rings. The topological polar surface area (TPSA) is 25.8 Å². The number of rotatable bonds is 16. The Morgan fingerprint density at radius 1 is 0.490 bits per heavy atom. The highest BCUT2D eigenvalue weighted by Crippen LogP contribution is 2.37. The van der Waals surface area contributed by atoms with E-state index in [2.05, 4.69) is 60.7 Å². The monoisotopic (exact) mass is 700 g/mol. The first-order valence-electron chi connectivity index (χ1n) is 19.0. The number of fused-ring (bicyclic) bond motifs is 1. The van der Waals surface area contributed by atoms with E-state index in [9.17, 15) is 0 Å². The molecule has 0 bridgehead atoms. The predicted octanol–water partition coefficient (Wildman–Crippen LogP) is 14.2. The van der Waals surface area contributed by atoms with Crippen LogP contribution in [0.1, 0.15) is 90.2 Å². The zero-order valence-electron chi connectivity index (χ0n) is 30.5. The Kier molecular flexibility index (Phi) is 12.4. The summed E-state index contributed by atoms with van der Waals surface area (Å²) in [5, 5.41) is 0. The molecule has 0 saturated heterocycles. The number of hydrogen-bond acceptors (Lipinski definition) is 3. The minimum atomic E-state index is -0.172. The van der Waals surface area contributed by atoms with E-state index in [0.29, 0.717) is 23.0 Å². The van der Waals surface area contributed by atoms with E-state index >= 15 is 8.78 Å². The molecule has 0 radical (unpaired) electrons. The Balaban J connectivity index is 1.18. The molecule has 264 valence electrons. The molecule has 0 aliphatic carbocycles. The maximum atomic E-state index is 15.3. The largest absolute Gasteiger partial charge is 0.206 e. The van der Waals surface area contributed by atoms with Crippen molar-refractivity contribution in [3.05, 3.63) is 120 Å². The van der Waals surface area contributed by atoms with Crippen molar-refractivity contribution >= 4 is 22.8 Å². The van der Waals surface area contributed by atoms with Crippen molar-refractivity contribution in [3.63, 3.8) is 0 Å². The standard InChI is InChI=1S/C46H50F2N2S/c1-5-9-11-31(7-3)27-33-13-23-39(43(47)29-33)35-15-19-37(20-16-35)41-25-26-42(46-45(41)49-51-50-46)38-21-17-36(18-22-38)40-24-14-34(30-44(40)48)28-32(8-4)12-10-6-2/h13-26,29-32H,5-12,27-28H2,1-4H3. The first-order valence-corrected chi connectivity index (χ1v) is 19.7. The van der Waals surface area contributed by atoms with Crippen LogP contribution in [-0.2, 0) is 12.8 Å². The van der Waals surface area contributed by atoms with Gasteiger partial charge in [0.15, 0.2) is 0 Å². The van der Waals surface area contributed by atoms with Crippen LogP contribution >= 0.6 is 11.7 Å². The number of aromatic nitrogens is 2. The van der Waals surface area contributed by atoms with Crippen LogP contribution in [0.2, 0.25) is 0 Å². The van der Waals surface area contributed by atoms with Crippen LogP contribution < -0.4 is 0 Å². The molecule has 0 aliphatic heterocycles. The number of hydrogen-bond donors (Lipinski definition) is 0. The summed E-state index contributed by atoms with van der Waals surface area (Å²) in [6.07, 6.45) is 11.3. The summed E-state index contributed by atoms with van der Waals surface area (Å²) in [6, 6.07) is 31.7. The molecule has 0 amide bonds. The van der Waals surface area contributed by atoms with Gasteiger partial charge < -0.3 is 0 Å². The van der Waals surface area contributed by atoms with Gasteiger partial charge in [-0.3, -0.25) is 0 Å². The molecule has 51 heavy (non-hydrogen) atoms. The third-order valence-electron chi connectivity index (χ3n) is 10.6. The van der Waals surface area contributed by atoms with E-state index in [4.69, 9.17) is 0 Å². The Labute approximate surface area is 307 Å². The minimum Gasteiger partial charge on any atom is -0.206 e. The molecule has 2 unspecified atom stereocenters. The van der Waals surface area contributed by atoms with Gasteiger partial charge in [-0.05, 0) is 70.2 Å². The Bertz CT molecular complexity index is 1890. The zero-order chi connectivity index (χ0) is 35.7. The number of nitrogens with zero attached hydrogens (tertiary/aromatic N) is 2. The van der Waals surface area contributed by atoms with Crippen LogP contribution in [0.15, 0.2) is 97.1 Å². The molecule has 1 aromatic heterocycles. The van der Waals surface area contributed by atoms with Gasteiger partial charge in [-0.1, -0.05) is 164 Å². The minimum absolute atomic E-state index is 0.172. The van der Waals surface area contributed by atoms with Crippen molar-refractivity contribution in [2.75, 3.05) is 0 Å². The van der Waals surface area contributed by atoms with Gasteiger partial charge in [0.2, 0.25) is 0 Å². The fourth-order valence-corrected chi connectivity index (χ4v) is 7.96. The van der Waals surface area contributed by atoms with Crippen molar-refractivity contribution < 1.29 is 8.78 Å². The van der Waals surface area contributed by atoms with Crippen molar-refractivity contribution in [2.45, 2.75) is 91.9 Å². The van der Waals surface area contributed by atoms with Crippen LogP contribution in [0.4, 0.5) is 8.78 Å². The number of unbranched alkanes of at least 4 members (excludes halogenated alkanes) is 2. The first kappa shape index (κ1) is 36.6. The number of benzene rings is 5. The Morgan fingerprint density at radius 2 is 0.843 bits per heavy atom. The van der Waals surface area contributed by atoms with Gasteiger partial charge in [0, 0.05) is 22.3 Å². The molecule has 0 aliphatic rings. The summed E-state index contributed by atoms with van der Waals surface area (Å²) in [5.74, 6) is 0.858. The van der Waals surface area contributed by atoms with Crippen molar-refractivity contribution in [3.8, 4) is 44.5 Å². The van der Waals surface area contributed by atoms with E-state index in [1.807, 2.05) is 60.7 Å². The molecule has 0 spiro atoms. The second-order valence-corrected chi connectivity index (χ2v) is 14.7. The summed E-state index contributed by atoms with van der Waals surface area (Å²) in [5.41, 5.74) is 10.8. The Morgan fingerprint density at radius 3 is 1.18 bits per heavy atom. The molecular formula is C46H50F2N2S. The maximum absolute atomic E-state index is 15.3. The van der Waals surface area contributed by atoms with E-state index in [0.717, 1.165) is 81.2 Å². The molecule has 5 heteroatoms. The summed E-state index contributed by atoms with van der Waals surface area (Å²) < 4.78 is 40.1. The van der Waals surface area contributed by atoms with Gasteiger partial charge in [-0.15, -0.1) is 0 Å². The molecule has 5 aromatic carbocycles. The highest BCUT2D eigenvalue weighted by Gasteiger charge is 2.16. The third kappa shape index (κ3) is 8.64. The van der Waals surface area contributed by atoms with Gasteiger partial charge in [-0.25, -0.2) is 8.78 Å². The predicted molar refractivity (Wildman–Crippen MR) is 213 cm³/mol. The first-order chi connectivity index (χ1) is 24.9. The lowest BCUT2D eigenvalue weighted by molar-refractivity contribution is 0.448. The Hall–Kier alpha value is -4.22. The quantitative estimate of drug-likeness (QED) is 0.100. The molecule has 2 nitrogen and oxygen atoms in total. The second kappa shape index (κ2) is 17.3. The van der Waals surface area contributed by atoms with Gasteiger partial charge in [-0.2, -0.15) is 8.75 Å². The van der Waals surface area contributed by atoms with Gasteiger partial charge >= 0.3 is 0 Å². The zero-order valence-corrected chi connectivity index (χ0v) is 31.3. The fraction of sp³-hybridized carbons (Fsp3) is 0.348. The molecular weight excluding hydrogens is 651 g/mol. The summed E-state index contributed by atoms with van der Waals surface area (Å²) >= 11 is 1.20. The smallest absolute Gasteiger partial charge is 0.131 e. The molecule has 1 heterocycles.